The summed E-state index contributed by atoms with van der Waals surface area (Å²) in [4.78, 5) is 28.3. The Balaban J connectivity index is 1.61. The van der Waals surface area contributed by atoms with Gasteiger partial charge >= 0.3 is 0 Å². The van der Waals surface area contributed by atoms with Crippen LogP contribution < -0.4 is 10.6 Å². The fourth-order valence-corrected chi connectivity index (χ4v) is 5.16. The first-order valence-corrected chi connectivity index (χ1v) is 12.6. The van der Waals surface area contributed by atoms with Crippen molar-refractivity contribution >= 4 is 17.5 Å². The van der Waals surface area contributed by atoms with E-state index in [2.05, 4.69) is 17.6 Å². The number of aromatic hydroxyl groups is 1. The van der Waals surface area contributed by atoms with E-state index in [1.165, 1.54) is 32.1 Å². The van der Waals surface area contributed by atoms with Crippen LogP contribution in [0.5, 0.6) is 5.75 Å². The summed E-state index contributed by atoms with van der Waals surface area (Å²) in [6.45, 7) is 5.44. The molecule has 0 radical (unpaired) electrons. The highest BCUT2D eigenvalue weighted by Gasteiger charge is 2.37. The van der Waals surface area contributed by atoms with Gasteiger partial charge in [0, 0.05) is 24.4 Å². The fraction of sp³-hybridized carbons (Fsp3) is 0.654. The van der Waals surface area contributed by atoms with Gasteiger partial charge in [0.1, 0.15) is 11.8 Å². The van der Waals surface area contributed by atoms with Crippen LogP contribution in [0.2, 0.25) is 0 Å². The van der Waals surface area contributed by atoms with Crippen molar-refractivity contribution in [1.82, 2.24) is 15.5 Å². The molecule has 0 bridgehead atoms. The zero-order valence-electron chi connectivity index (χ0n) is 20.2. The van der Waals surface area contributed by atoms with E-state index >= 15 is 0 Å². The number of nitrogens with zero attached hydrogens (tertiary/aromatic N) is 1. The number of carbonyl (C=O) groups excluding carboxylic acids is 2. The molecule has 33 heavy (non-hydrogen) atoms. The van der Waals surface area contributed by atoms with Gasteiger partial charge in [-0.25, -0.2) is 0 Å². The molecule has 1 aliphatic carbocycles. The summed E-state index contributed by atoms with van der Waals surface area (Å²) in [7, 11) is 0. The lowest BCUT2D eigenvalue weighted by Gasteiger charge is -2.31. The number of nitrogens with one attached hydrogen (secondary N) is 3. The van der Waals surface area contributed by atoms with E-state index in [1.54, 1.807) is 30.0 Å². The maximum Gasteiger partial charge on any atom is 0.243 e. The Bertz CT molecular complexity index is 835. The van der Waals surface area contributed by atoms with E-state index in [-0.39, 0.29) is 30.2 Å². The molecule has 1 heterocycles. The third-order valence-corrected chi connectivity index (χ3v) is 7.00. The number of benzene rings is 1. The number of amides is 2. The molecular weight excluding hydrogens is 416 g/mol. The average molecular weight is 457 g/mol. The average Bonchev–Trinajstić information content (AvgIpc) is 3.30. The molecule has 1 aromatic rings. The van der Waals surface area contributed by atoms with Crippen LogP contribution in [0.3, 0.4) is 0 Å². The number of phenolic OH excluding ortho intramolecular Hbond substituents is 1. The molecule has 4 N–H and O–H groups in total. The summed E-state index contributed by atoms with van der Waals surface area (Å²) in [5.74, 6) is 0.557. The predicted molar refractivity (Wildman–Crippen MR) is 130 cm³/mol. The van der Waals surface area contributed by atoms with Gasteiger partial charge in [0.05, 0.1) is 6.04 Å². The lowest BCUT2D eigenvalue weighted by molar-refractivity contribution is -0.140. The van der Waals surface area contributed by atoms with Crippen molar-refractivity contribution in [2.45, 2.75) is 90.3 Å². The highest BCUT2D eigenvalue weighted by molar-refractivity contribution is 5.98. The van der Waals surface area contributed by atoms with Crippen LogP contribution in [-0.2, 0) is 16.1 Å². The van der Waals surface area contributed by atoms with Gasteiger partial charge in [-0.15, -0.1) is 0 Å². The van der Waals surface area contributed by atoms with Crippen LogP contribution in [0.1, 0.15) is 82.8 Å². The maximum atomic E-state index is 13.5. The van der Waals surface area contributed by atoms with Crippen LogP contribution in [-0.4, -0.2) is 52.7 Å². The molecule has 1 saturated carbocycles. The van der Waals surface area contributed by atoms with Crippen molar-refractivity contribution in [1.29, 1.82) is 5.41 Å². The molecule has 0 spiro atoms. The first-order valence-electron chi connectivity index (χ1n) is 12.6. The van der Waals surface area contributed by atoms with Crippen LogP contribution in [0.4, 0.5) is 0 Å². The monoisotopic (exact) mass is 456 g/mol. The number of carbonyl (C=O) groups is 2. The summed E-state index contributed by atoms with van der Waals surface area (Å²) in [5.41, 5.74) is 1.55. The Morgan fingerprint density at radius 2 is 1.94 bits per heavy atom. The smallest absolute Gasteiger partial charge is 0.243 e. The Kier molecular flexibility index (Phi) is 9.30. The molecule has 7 nitrogen and oxygen atoms in total. The second-order valence-corrected chi connectivity index (χ2v) is 9.63. The quantitative estimate of drug-likeness (QED) is 0.403. The van der Waals surface area contributed by atoms with Crippen molar-refractivity contribution in [2.24, 2.45) is 5.92 Å². The summed E-state index contributed by atoms with van der Waals surface area (Å²) in [6.07, 6.45) is 9.56. The van der Waals surface area contributed by atoms with Gasteiger partial charge in [0.15, 0.2) is 0 Å². The van der Waals surface area contributed by atoms with Crippen LogP contribution in [0.15, 0.2) is 18.2 Å². The van der Waals surface area contributed by atoms with Gasteiger partial charge in [0.25, 0.3) is 0 Å². The molecule has 0 aromatic heterocycles. The molecule has 3 rings (SSSR count). The number of phenols is 1. The summed E-state index contributed by atoms with van der Waals surface area (Å²) in [5, 5.41) is 24.2. The van der Waals surface area contributed by atoms with Crippen molar-refractivity contribution in [3.63, 3.8) is 0 Å². The van der Waals surface area contributed by atoms with Crippen molar-refractivity contribution in [3.05, 3.63) is 29.3 Å². The van der Waals surface area contributed by atoms with Gasteiger partial charge in [-0.2, -0.15) is 0 Å². The van der Waals surface area contributed by atoms with Gasteiger partial charge in [0.2, 0.25) is 11.8 Å². The maximum absolute atomic E-state index is 13.5. The zero-order valence-corrected chi connectivity index (χ0v) is 20.2. The largest absolute Gasteiger partial charge is 0.507 e. The topological polar surface area (TPSA) is 106 Å². The van der Waals surface area contributed by atoms with Gasteiger partial charge in [-0.05, 0) is 62.8 Å². The Morgan fingerprint density at radius 3 is 2.61 bits per heavy atom. The van der Waals surface area contributed by atoms with Gasteiger partial charge in [-0.1, -0.05) is 45.1 Å². The summed E-state index contributed by atoms with van der Waals surface area (Å²) >= 11 is 0. The Labute approximate surface area is 197 Å². The summed E-state index contributed by atoms with van der Waals surface area (Å²) in [6, 6.07) is 4.43. The SMILES string of the molecule is CCCN[C@H](CC1CCCCC1)C(=O)N1CCC[C@H]1C(=O)NCc1ccc(C(C)=N)c(O)c1. The lowest BCUT2D eigenvalue weighted by Crippen LogP contribution is -2.53. The molecule has 2 fully saturated rings. The molecular formula is C26H40N4O3. The molecule has 2 amide bonds. The van der Waals surface area contributed by atoms with E-state index in [0.717, 1.165) is 31.4 Å². The number of rotatable bonds is 10. The molecule has 182 valence electrons. The highest BCUT2D eigenvalue weighted by atomic mass is 16.3. The highest BCUT2D eigenvalue weighted by Crippen LogP contribution is 2.29. The zero-order chi connectivity index (χ0) is 23.8. The molecule has 2 aliphatic rings. The first kappa shape index (κ1) is 25.2. The van der Waals surface area contributed by atoms with Crippen molar-refractivity contribution in [3.8, 4) is 5.75 Å². The minimum Gasteiger partial charge on any atom is -0.507 e. The second-order valence-electron chi connectivity index (χ2n) is 9.63. The molecule has 1 aliphatic heterocycles. The number of hydrogen-bond acceptors (Lipinski definition) is 5. The van der Waals surface area contributed by atoms with Crippen LogP contribution in [0, 0.1) is 11.3 Å². The molecule has 7 heteroatoms. The van der Waals surface area contributed by atoms with Gasteiger partial charge in [-0.3, -0.25) is 9.59 Å². The van der Waals surface area contributed by atoms with E-state index in [9.17, 15) is 14.7 Å². The summed E-state index contributed by atoms with van der Waals surface area (Å²) < 4.78 is 0. The normalized spacial score (nSPS) is 19.9. The Morgan fingerprint density at radius 1 is 1.18 bits per heavy atom. The lowest BCUT2D eigenvalue weighted by atomic mass is 9.84. The van der Waals surface area contributed by atoms with Crippen LogP contribution >= 0.6 is 0 Å². The molecule has 2 atom stereocenters. The van der Waals surface area contributed by atoms with Crippen molar-refractivity contribution in [2.75, 3.05) is 13.1 Å². The Hall–Kier alpha value is -2.41. The minimum absolute atomic E-state index is 0.0412. The number of likely N-dealkylation sites (tertiary alicyclic amines) is 1. The minimum atomic E-state index is -0.438. The third-order valence-electron chi connectivity index (χ3n) is 7.00. The van der Waals surface area contributed by atoms with E-state index in [0.29, 0.717) is 30.2 Å². The molecule has 1 aromatic carbocycles. The van der Waals surface area contributed by atoms with Crippen LogP contribution in [0.25, 0.3) is 0 Å². The molecule has 0 unspecified atom stereocenters. The third kappa shape index (κ3) is 6.79. The van der Waals surface area contributed by atoms with E-state index in [4.69, 9.17) is 5.41 Å². The van der Waals surface area contributed by atoms with Crippen molar-refractivity contribution < 1.29 is 14.7 Å². The molecule has 1 saturated heterocycles. The second kappa shape index (κ2) is 12.2. The number of hydrogen-bond donors (Lipinski definition) is 4. The first-order chi connectivity index (χ1) is 15.9. The van der Waals surface area contributed by atoms with Gasteiger partial charge < -0.3 is 26.0 Å². The van der Waals surface area contributed by atoms with E-state index in [1.807, 2.05) is 0 Å². The fourth-order valence-electron chi connectivity index (χ4n) is 5.16. The van der Waals surface area contributed by atoms with E-state index < -0.39 is 6.04 Å². The standard InChI is InChI=1S/C26H40N4O3/c1-3-13-28-22(15-19-8-5-4-6-9-19)26(33)30-14-7-10-23(30)25(32)29-17-20-11-12-21(18(2)27)24(31)16-20/h11-12,16,19,22-23,27-28,31H,3-10,13-15,17H2,1-2H3,(H,29,32)/t22-,23+/m1/s1. The predicted octanol–water partition coefficient (Wildman–Crippen LogP) is 3.73.